The van der Waals surface area contributed by atoms with E-state index in [1.807, 2.05) is 0 Å². The molecular formula is C20H32F3I. The van der Waals surface area contributed by atoms with E-state index in [4.69, 9.17) is 0 Å². The van der Waals surface area contributed by atoms with Crippen LogP contribution in [-0.2, 0) is 0 Å². The Morgan fingerprint density at radius 1 is 0.958 bits per heavy atom. The summed E-state index contributed by atoms with van der Waals surface area (Å²) in [4.78, 5) is 0. The fourth-order valence-corrected chi connectivity index (χ4v) is 6.57. The van der Waals surface area contributed by atoms with Gasteiger partial charge in [-0.3, -0.25) is 0 Å². The van der Waals surface area contributed by atoms with Crippen molar-refractivity contribution in [3.05, 3.63) is 0 Å². The Balaban J connectivity index is 1.52. The van der Waals surface area contributed by atoms with Crippen LogP contribution in [0.1, 0.15) is 84.0 Å². The summed E-state index contributed by atoms with van der Waals surface area (Å²) in [5.41, 5.74) is 0.590. The van der Waals surface area contributed by atoms with Crippen LogP contribution in [0.3, 0.4) is 0 Å². The van der Waals surface area contributed by atoms with Crippen LogP contribution in [0.4, 0.5) is 13.2 Å². The van der Waals surface area contributed by atoms with E-state index in [-0.39, 0.29) is 0 Å². The molecule has 0 aromatic heterocycles. The summed E-state index contributed by atoms with van der Waals surface area (Å²) in [5, 5.41) is 0. The molecule has 0 spiro atoms. The van der Waals surface area contributed by atoms with E-state index in [9.17, 15) is 13.2 Å². The van der Waals surface area contributed by atoms with Crippen molar-refractivity contribution in [1.29, 1.82) is 0 Å². The van der Waals surface area contributed by atoms with Crippen LogP contribution in [0.2, 0.25) is 0 Å². The van der Waals surface area contributed by atoms with E-state index >= 15 is 0 Å². The molecule has 0 N–H and O–H groups in total. The van der Waals surface area contributed by atoms with Gasteiger partial charge in [0.15, 0.2) is 0 Å². The predicted octanol–water partition coefficient (Wildman–Crippen LogP) is 7.55. The molecule has 0 aliphatic heterocycles. The molecule has 0 nitrogen and oxygen atoms in total. The smallest absolute Gasteiger partial charge is 0.171 e. The SMILES string of the molecule is CC1CC(CCC(F)(F)F)C[C@H](CC2(C3CCC(I)CC3)CC2)C1. The highest BCUT2D eigenvalue weighted by atomic mass is 127. The molecule has 2 unspecified atom stereocenters. The molecule has 0 amide bonds. The van der Waals surface area contributed by atoms with E-state index in [0.29, 0.717) is 29.6 Å². The minimum Gasteiger partial charge on any atom is -0.171 e. The highest BCUT2D eigenvalue weighted by Gasteiger charge is 2.50. The van der Waals surface area contributed by atoms with Crippen LogP contribution in [0.5, 0.6) is 0 Å². The normalized spacial score (nSPS) is 39.6. The summed E-state index contributed by atoms with van der Waals surface area (Å²) in [7, 11) is 0. The van der Waals surface area contributed by atoms with Crippen LogP contribution < -0.4 is 0 Å². The first-order valence-corrected chi connectivity index (χ1v) is 11.2. The van der Waals surface area contributed by atoms with Gasteiger partial charge in [0, 0.05) is 10.3 Å². The predicted molar refractivity (Wildman–Crippen MR) is 101 cm³/mol. The van der Waals surface area contributed by atoms with Crippen molar-refractivity contribution in [1.82, 2.24) is 0 Å². The quantitative estimate of drug-likeness (QED) is 0.296. The van der Waals surface area contributed by atoms with Gasteiger partial charge in [-0.05, 0) is 99.7 Å². The molecule has 3 rings (SSSR count). The Hall–Kier alpha value is 0.520. The number of halogens is 4. The van der Waals surface area contributed by atoms with E-state index in [2.05, 4.69) is 29.5 Å². The molecule has 3 saturated carbocycles. The zero-order valence-electron chi connectivity index (χ0n) is 14.9. The molecule has 24 heavy (non-hydrogen) atoms. The van der Waals surface area contributed by atoms with Crippen LogP contribution in [0.25, 0.3) is 0 Å². The maximum absolute atomic E-state index is 12.6. The van der Waals surface area contributed by atoms with E-state index < -0.39 is 12.6 Å². The standard InChI is InChI=1S/C20H32F3I/c1-14-10-15(6-7-20(21,22)23)12-16(11-14)13-19(8-9-19)17-2-4-18(24)5-3-17/h14-18H,2-13H2,1H3/t14?,15?,16-,17?,18?/m1/s1. The lowest BCUT2D eigenvalue weighted by Gasteiger charge is -2.39. The Bertz CT molecular complexity index is 408. The molecule has 0 aromatic rings. The topological polar surface area (TPSA) is 0 Å². The monoisotopic (exact) mass is 456 g/mol. The maximum atomic E-state index is 12.6. The molecule has 0 aromatic carbocycles. The van der Waals surface area contributed by atoms with Crippen LogP contribution >= 0.6 is 22.6 Å². The first-order valence-electron chi connectivity index (χ1n) is 9.96. The molecule has 3 atom stereocenters. The van der Waals surface area contributed by atoms with Crippen molar-refractivity contribution in [2.45, 2.75) is 94.1 Å². The van der Waals surface area contributed by atoms with Crippen LogP contribution in [0.15, 0.2) is 0 Å². The van der Waals surface area contributed by atoms with Gasteiger partial charge in [0.2, 0.25) is 0 Å². The summed E-state index contributed by atoms with van der Waals surface area (Å²) >= 11 is 2.60. The van der Waals surface area contributed by atoms with E-state index in [0.717, 1.165) is 22.7 Å². The number of alkyl halides is 4. The van der Waals surface area contributed by atoms with Crippen LogP contribution in [0, 0.1) is 29.1 Å². The Labute approximate surface area is 158 Å². The summed E-state index contributed by atoms with van der Waals surface area (Å²) in [6, 6.07) is 0. The van der Waals surface area contributed by atoms with Crippen molar-refractivity contribution < 1.29 is 13.2 Å². The van der Waals surface area contributed by atoms with Crippen molar-refractivity contribution in [2.75, 3.05) is 0 Å². The number of hydrogen-bond donors (Lipinski definition) is 0. The second-order valence-electron chi connectivity index (χ2n) is 9.21. The molecule has 0 bridgehead atoms. The summed E-state index contributed by atoms with van der Waals surface area (Å²) in [6.45, 7) is 2.26. The third-order valence-electron chi connectivity index (χ3n) is 7.08. The fourth-order valence-electron chi connectivity index (χ4n) is 5.85. The second-order valence-corrected chi connectivity index (χ2v) is 11.0. The van der Waals surface area contributed by atoms with Crippen molar-refractivity contribution in [2.24, 2.45) is 29.1 Å². The van der Waals surface area contributed by atoms with Gasteiger partial charge in [-0.1, -0.05) is 29.5 Å². The largest absolute Gasteiger partial charge is 0.389 e. The number of rotatable bonds is 5. The summed E-state index contributed by atoms with van der Waals surface area (Å²) in [5.74, 6) is 2.52. The molecular weight excluding hydrogens is 424 g/mol. The third-order valence-corrected chi connectivity index (χ3v) is 8.33. The molecule has 3 fully saturated rings. The van der Waals surface area contributed by atoms with Gasteiger partial charge in [-0.2, -0.15) is 13.2 Å². The fraction of sp³-hybridized carbons (Fsp3) is 1.00. The molecule has 4 heteroatoms. The van der Waals surface area contributed by atoms with E-state index in [1.165, 1.54) is 51.4 Å². The van der Waals surface area contributed by atoms with Gasteiger partial charge in [0.1, 0.15) is 0 Å². The van der Waals surface area contributed by atoms with Gasteiger partial charge < -0.3 is 0 Å². The van der Waals surface area contributed by atoms with Gasteiger partial charge >= 0.3 is 6.18 Å². The molecule has 0 saturated heterocycles. The highest BCUT2D eigenvalue weighted by molar-refractivity contribution is 14.1. The lowest BCUT2D eigenvalue weighted by Crippen LogP contribution is -2.29. The first-order chi connectivity index (χ1) is 11.3. The molecule has 0 radical (unpaired) electrons. The maximum Gasteiger partial charge on any atom is 0.389 e. The lowest BCUT2D eigenvalue weighted by atomic mass is 9.67. The van der Waals surface area contributed by atoms with Gasteiger partial charge in [0.25, 0.3) is 0 Å². The molecule has 3 aliphatic carbocycles. The van der Waals surface area contributed by atoms with Gasteiger partial charge in [-0.15, -0.1) is 0 Å². The molecule has 140 valence electrons. The minimum absolute atomic E-state index is 0.307. The minimum atomic E-state index is -3.98. The zero-order chi connectivity index (χ0) is 17.4. The Kier molecular flexibility index (Phi) is 6.14. The van der Waals surface area contributed by atoms with Crippen molar-refractivity contribution in [3.8, 4) is 0 Å². The summed E-state index contributed by atoms with van der Waals surface area (Å²) in [6.07, 6.45) is 8.77. The third kappa shape index (κ3) is 5.26. The van der Waals surface area contributed by atoms with Crippen molar-refractivity contribution >= 4 is 22.6 Å². The Morgan fingerprint density at radius 3 is 2.17 bits per heavy atom. The average molecular weight is 456 g/mol. The van der Waals surface area contributed by atoms with Crippen molar-refractivity contribution in [3.63, 3.8) is 0 Å². The molecule has 0 heterocycles. The summed E-state index contributed by atoms with van der Waals surface area (Å²) < 4.78 is 38.6. The Morgan fingerprint density at radius 2 is 1.58 bits per heavy atom. The highest BCUT2D eigenvalue weighted by Crippen LogP contribution is 2.61. The first kappa shape index (κ1) is 19.3. The second kappa shape index (κ2) is 7.64. The molecule has 3 aliphatic rings. The van der Waals surface area contributed by atoms with Crippen LogP contribution in [-0.4, -0.2) is 10.1 Å². The number of hydrogen-bond acceptors (Lipinski definition) is 0. The van der Waals surface area contributed by atoms with Gasteiger partial charge in [0.05, 0.1) is 0 Å². The zero-order valence-corrected chi connectivity index (χ0v) is 17.0. The van der Waals surface area contributed by atoms with E-state index in [1.54, 1.807) is 0 Å². The average Bonchev–Trinajstić information content (AvgIpc) is 3.25. The lowest BCUT2D eigenvalue weighted by molar-refractivity contribution is -0.138. The van der Waals surface area contributed by atoms with Gasteiger partial charge in [-0.25, -0.2) is 0 Å².